The lowest BCUT2D eigenvalue weighted by molar-refractivity contribution is 1.45. The van der Waals surface area contributed by atoms with E-state index in [0.29, 0.717) is 5.02 Å². The molecule has 0 aliphatic heterocycles. The van der Waals surface area contributed by atoms with Gasteiger partial charge < -0.3 is 11.1 Å². The maximum atomic E-state index is 5.94. The van der Waals surface area contributed by atoms with E-state index in [0.717, 1.165) is 27.1 Å². The van der Waals surface area contributed by atoms with Gasteiger partial charge in [0.05, 0.1) is 5.02 Å². The van der Waals surface area contributed by atoms with Gasteiger partial charge in [0.25, 0.3) is 0 Å². The predicted molar refractivity (Wildman–Crippen MR) is 78.0 cm³/mol. The number of hydrogen-bond acceptors (Lipinski definition) is 2. The summed E-state index contributed by atoms with van der Waals surface area (Å²) in [7, 11) is 0. The highest BCUT2D eigenvalue weighted by atomic mass is 79.9. The SMILES string of the molecule is Cc1cc(Nc2ccc(Cl)c(Br)c2)ccc1N. The Morgan fingerprint density at radius 2 is 1.76 bits per heavy atom. The molecule has 0 unspecified atom stereocenters. The Morgan fingerprint density at radius 3 is 2.41 bits per heavy atom. The van der Waals surface area contributed by atoms with Crippen LogP contribution in [0.5, 0.6) is 0 Å². The summed E-state index contributed by atoms with van der Waals surface area (Å²) in [6.07, 6.45) is 0. The van der Waals surface area contributed by atoms with Crippen LogP contribution in [0.15, 0.2) is 40.9 Å². The second-order valence-electron chi connectivity index (χ2n) is 3.83. The number of aryl methyl sites for hydroxylation is 1. The van der Waals surface area contributed by atoms with Gasteiger partial charge in [0.15, 0.2) is 0 Å². The molecule has 0 radical (unpaired) electrons. The standard InChI is InChI=1S/C13H12BrClN2/c1-8-6-9(3-5-13(8)16)17-10-2-4-12(15)11(14)7-10/h2-7,17H,16H2,1H3. The van der Waals surface area contributed by atoms with E-state index in [1.54, 1.807) is 0 Å². The summed E-state index contributed by atoms with van der Waals surface area (Å²) in [5.74, 6) is 0. The van der Waals surface area contributed by atoms with Gasteiger partial charge in [-0.15, -0.1) is 0 Å². The van der Waals surface area contributed by atoms with Crippen LogP contribution in [-0.2, 0) is 0 Å². The van der Waals surface area contributed by atoms with Gasteiger partial charge in [-0.3, -0.25) is 0 Å². The summed E-state index contributed by atoms with van der Waals surface area (Å²) in [5, 5.41) is 3.99. The van der Waals surface area contributed by atoms with Gasteiger partial charge >= 0.3 is 0 Å². The first-order chi connectivity index (χ1) is 8.06. The number of nitrogen functional groups attached to an aromatic ring is 1. The molecule has 0 saturated heterocycles. The smallest absolute Gasteiger partial charge is 0.0549 e. The zero-order valence-electron chi connectivity index (χ0n) is 9.30. The van der Waals surface area contributed by atoms with Gasteiger partial charge in [0.2, 0.25) is 0 Å². The maximum Gasteiger partial charge on any atom is 0.0549 e. The maximum absolute atomic E-state index is 5.94. The Labute approximate surface area is 114 Å². The average Bonchev–Trinajstić information content (AvgIpc) is 2.29. The number of rotatable bonds is 2. The van der Waals surface area contributed by atoms with Crippen molar-refractivity contribution in [2.75, 3.05) is 11.1 Å². The summed E-state index contributed by atoms with van der Waals surface area (Å²) >= 11 is 9.33. The summed E-state index contributed by atoms with van der Waals surface area (Å²) in [4.78, 5) is 0. The van der Waals surface area contributed by atoms with E-state index in [4.69, 9.17) is 17.3 Å². The summed E-state index contributed by atoms with van der Waals surface area (Å²) in [6, 6.07) is 11.6. The minimum atomic E-state index is 0.698. The van der Waals surface area contributed by atoms with Crippen molar-refractivity contribution in [3.8, 4) is 0 Å². The highest BCUT2D eigenvalue weighted by molar-refractivity contribution is 9.10. The molecule has 4 heteroatoms. The Morgan fingerprint density at radius 1 is 1.12 bits per heavy atom. The third-order valence-electron chi connectivity index (χ3n) is 2.48. The quantitative estimate of drug-likeness (QED) is 0.786. The van der Waals surface area contributed by atoms with Crippen LogP contribution in [-0.4, -0.2) is 0 Å². The zero-order chi connectivity index (χ0) is 12.4. The molecule has 2 aromatic rings. The third-order valence-corrected chi connectivity index (χ3v) is 3.69. The number of benzene rings is 2. The first-order valence-corrected chi connectivity index (χ1v) is 6.31. The number of nitrogens with two attached hydrogens (primary N) is 1. The molecule has 0 bridgehead atoms. The van der Waals surface area contributed by atoms with Crippen molar-refractivity contribution in [1.29, 1.82) is 0 Å². The number of halogens is 2. The van der Waals surface area contributed by atoms with Gasteiger partial charge in [-0.2, -0.15) is 0 Å². The van der Waals surface area contributed by atoms with Crippen molar-refractivity contribution >= 4 is 44.6 Å². The highest BCUT2D eigenvalue weighted by Crippen LogP contribution is 2.28. The van der Waals surface area contributed by atoms with Crippen molar-refractivity contribution in [3.63, 3.8) is 0 Å². The second-order valence-corrected chi connectivity index (χ2v) is 5.09. The minimum absolute atomic E-state index is 0.698. The summed E-state index contributed by atoms with van der Waals surface area (Å²) in [5.41, 5.74) is 9.61. The largest absolute Gasteiger partial charge is 0.399 e. The van der Waals surface area contributed by atoms with E-state index < -0.39 is 0 Å². The Bertz CT molecular complexity index is 506. The fraction of sp³-hybridized carbons (Fsp3) is 0.0769. The molecule has 0 atom stereocenters. The molecule has 88 valence electrons. The first kappa shape index (κ1) is 12.3. The summed E-state index contributed by atoms with van der Waals surface area (Å²) in [6.45, 7) is 1.98. The average molecular weight is 312 g/mol. The van der Waals surface area contributed by atoms with Crippen LogP contribution in [0.1, 0.15) is 5.56 Å². The Kier molecular flexibility index (Phi) is 3.60. The molecule has 0 amide bonds. The van der Waals surface area contributed by atoms with E-state index >= 15 is 0 Å². The van der Waals surface area contributed by atoms with E-state index in [1.165, 1.54) is 0 Å². The van der Waals surface area contributed by atoms with E-state index in [9.17, 15) is 0 Å². The fourth-order valence-electron chi connectivity index (χ4n) is 1.49. The van der Waals surface area contributed by atoms with Crippen molar-refractivity contribution < 1.29 is 0 Å². The van der Waals surface area contributed by atoms with Gasteiger partial charge in [0, 0.05) is 21.5 Å². The lowest BCUT2D eigenvalue weighted by Gasteiger charge is -2.09. The molecule has 2 rings (SSSR count). The number of hydrogen-bond donors (Lipinski definition) is 2. The molecule has 0 spiro atoms. The highest BCUT2D eigenvalue weighted by Gasteiger charge is 2.01. The summed E-state index contributed by atoms with van der Waals surface area (Å²) < 4.78 is 0.872. The topological polar surface area (TPSA) is 38.0 Å². The number of nitrogens with one attached hydrogen (secondary N) is 1. The van der Waals surface area contributed by atoms with Crippen LogP contribution in [0.4, 0.5) is 17.1 Å². The molecule has 2 aromatic carbocycles. The molecule has 3 N–H and O–H groups in total. The van der Waals surface area contributed by atoms with Crippen LogP contribution in [0.3, 0.4) is 0 Å². The van der Waals surface area contributed by atoms with Crippen LogP contribution in [0.2, 0.25) is 5.02 Å². The molecule has 17 heavy (non-hydrogen) atoms. The molecule has 0 aliphatic carbocycles. The van der Waals surface area contributed by atoms with Crippen LogP contribution in [0, 0.1) is 6.92 Å². The molecule has 0 aliphatic rings. The van der Waals surface area contributed by atoms with E-state index in [1.807, 2.05) is 43.3 Å². The first-order valence-electron chi connectivity index (χ1n) is 5.14. The Hall–Kier alpha value is -1.19. The lowest BCUT2D eigenvalue weighted by atomic mass is 10.2. The van der Waals surface area contributed by atoms with Crippen molar-refractivity contribution in [3.05, 3.63) is 51.5 Å². The number of anilines is 3. The second kappa shape index (κ2) is 4.98. The van der Waals surface area contributed by atoms with E-state index in [2.05, 4.69) is 21.2 Å². The molecule has 0 saturated carbocycles. The zero-order valence-corrected chi connectivity index (χ0v) is 11.6. The molecular formula is C13H12BrClN2. The van der Waals surface area contributed by atoms with Gasteiger partial charge in [-0.25, -0.2) is 0 Å². The van der Waals surface area contributed by atoms with Gasteiger partial charge in [0.1, 0.15) is 0 Å². The monoisotopic (exact) mass is 310 g/mol. The Balaban J connectivity index is 2.25. The molecule has 2 nitrogen and oxygen atoms in total. The van der Waals surface area contributed by atoms with Crippen molar-refractivity contribution in [2.45, 2.75) is 6.92 Å². The molecule has 0 heterocycles. The normalized spacial score (nSPS) is 10.3. The van der Waals surface area contributed by atoms with Crippen molar-refractivity contribution in [1.82, 2.24) is 0 Å². The third kappa shape index (κ3) is 2.93. The molecule has 0 fully saturated rings. The van der Waals surface area contributed by atoms with E-state index in [-0.39, 0.29) is 0 Å². The van der Waals surface area contributed by atoms with Gasteiger partial charge in [-0.1, -0.05) is 11.6 Å². The lowest BCUT2D eigenvalue weighted by Crippen LogP contribution is -1.94. The molecular weight excluding hydrogens is 300 g/mol. The molecule has 0 aromatic heterocycles. The van der Waals surface area contributed by atoms with Crippen LogP contribution >= 0.6 is 27.5 Å². The van der Waals surface area contributed by atoms with Crippen molar-refractivity contribution in [2.24, 2.45) is 0 Å². The van der Waals surface area contributed by atoms with Crippen LogP contribution < -0.4 is 11.1 Å². The van der Waals surface area contributed by atoms with Gasteiger partial charge in [-0.05, 0) is 64.8 Å². The van der Waals surface area contributed by atoms with Crippen LogP contribution in [0.25, 0.3) is 0 Å². The minimum Gasteiger partial charge on any atom is -0.399 e. The predicted octanol–water partition coefficient (Wildman–Crippen LogP) is 4.74. The fourth-order valence-corrected chi connectivity index (χ4v) is 1.99.